The number of ether oxygens (including phenoxy) is 1. The summed E-state index contributed by atoms with van der Waals surface area (Å²) >= 11 is 0. The van der Waals surface area contributed by atoms with Crippen LogP contribution in [0, 0.1) is 10.1 Å². The van der Waals surface area contributed by atoms with Crippen molar-refractivity contribution >= 4 is 0 Å². The molecule has 0 fully saturated rings. The van der Waals surface area contributed by atoms with Gasteiger partial charge in [-0.05, 0) is 13.8 Å². The molecule has 0 aliphatic heterocycles. The zero-order chi connectivity index (χ0) is 8.85. The van der Waals surface area contributed by atoms with Crippen LogP contribution >= 0.6 is 0 Å². The lowest BCUT2D eigenvalue weighted by Gasteiger charge is -2.09. The minimum absolute atomic E-state index is 0.0614. The second-order valence-electron chi connectivity index (χ2n) is 2.20. The topological polar surface area (TPSA) is 64.4 Å². The van der Waals surface area contributed by atoms with Gasteiger partial charge in [-0.25, -0.2) is 0 Å². The molecular formula is C6H12N2O3. The highest BCUT2D eigenvalue weighted by Gasteiger charge is 2.02. The van der Waals surface area contributed by atoms with Crippen molar-refractivity contribution in [2.75, 3.05) is 7.05 Å². The Morgan fingerprint density at radius 3 is 2.55 bits per heavy atom. The molecule has 0 amide bonds. The van der Waals surface area contributed by atoms with Crippen LogP contribution in [0.25, 0.3) is 0 Å². The SMILES string of the molecule is CN/C(=C\[N+](=O)[O-])OC(C)C. The molecule has 0 atom stereocenters. The molecule has 0 aromatic rings. The summed E-state index contributed by atoms with van der Waals surface area (Å²) in [5.74, 6) is 0.171. The Balaban J connectivity index is 4.05. The van der Waals surface area contributed by atoms with Crippen molar-refractivity contribution in [2.45, 2.75) is 20.0 Å². The first-order chi connectivity index (χ1) is 5.06. The summed E-state index contributed by atoms with van der Waals surface area (Å²) in [5.41, 5.74) is 0. The van der Waals surface area contributed by atoms with E-state index in [0.717, 1.165) is 6.20 Å². The first-order valence-corrected chi connectivity index (χ1v) is 3.26. The molecule has 0 aliphatic rings. The van der Waals surface area contributed by atoms with E-state index in [-0.39, 0.29) is 12.0 Å². The number of nitrogens with one attached hydrogen (secondary N) is 1. The fourth-order valence-corrected chi connectivity index (χ4v) is 0.504. The minimum Gasteiger partial charge on any atom is -0.472 e. The van der Waals surface area contributed by atoms with Crippen LogP contribution in [-0.4, -0.2) is 18.1 Å². The number of nitrogens with zero attached hydrogens (tertiary/aromatic N) is 1. The summed E-state index contributed by atoms with van der Waals surface area (Å²) in [6, 6.07) is 0. The van der Waals surface area contributed by atoms with E-state index < -0.39 is 4.92 Å². The van der Waals surface area contributed by atoms with Crippen molar-refractivity contribution in [1.29, 1.82) is 0 Å². The smallest absolute Gasteiger partial charge is 0.293 e. The summed E-state index contributed by atoms with van der Waals surface area (Å²) in [6.07, 6.45) is 0.730. The van der Waals surface area contributed by atoms with Gasteiger partial charge in [-0.3, -0.25) is 10.1 Å². The van der Waals surface area contributed by atoms with Crippen LogP contribution < -0.4 is 5.32 Å². The van der Waals surface area contributed by atoms with E-state index in [1.807, 2.05) is 0 Å². The zero-order valence-corrected chi connectivity index (χ0v) is 6.83. The van der Waals surface area contributed by atoms with Crippen molar-refractivity contribution in [1.82, 2.24) is 5.32 Å². The van der Waals surface area contributed by atoms with E-state index in [4.69, 9.17) is 4.74 Å². The molecule has 5 nitrogen and oxygen atoms in total. The lowest BCUT2D eigenvalue weighted by atomic mass is 10.5. The maximum Gasteiger partial charge on any atom is 0.293 e. The summed E-state index contributed by atoms with van der Waals surface area (Å²) in [6.45, 7) is 3.59. The van der Waals surface area contributed by atoms with Crippen LogP contribution in [0.3, 0.4) is 0 Å². The monoisotopic (exact) mass is 160 g/mol. The number of hydrogen-bond donors (Lipinski definition) is 1. The van der Waals surface area contributed by atoms with Gasteiger partial charge in [0.05, 0.1) is 11.0 Å². The van der Waals surface area contributed by atoms with E-state index in [1.54, 1.807) is 20.9 Å². The van der Waals surface area contributed by atoms with Gasteiger partial charge >= 0.3 is 0 Å². The molecule has 0 aliphatic carbocycles. The molecule has 0 radical (unpaired) electrons. The predicted octanol–water partition coefficient (Wildman–Crippen LogP) is 0.706. The molecular weight excluding hydrogens is 148 g/mol. The standard InChI is InChI=1S/C6H12N2O3/c1-5(2)11-6(7-3)4-8(9)10/h4-5,7H,1-3H3/b6-4+. The first-order valence-electron chi connectivity index (χ1n) is 3.26. The van der Waals surface area contributed by atoms with Crippen LogP contribution in [-0.2, 0) is 4.74 Å². The van der Waals surface area contributed by atoms with E-state index in [2.05, 4.69) is 5.32 Å². The Hall–Kier alpha value is -1.26. The van der Waals surface area contributed by atoms with Crippen molar-refractivity contribution in [3.63, 3.8) is 0 Å². The average molecular weight is 160 g/mol. The van der Waals surface area contributed by atoms with Gasteiger partial charge in [-0.2, -0.15) is 0 Å². The van der Waals surface area contributed by atoms with Crippen LogP contribution in [0.1, 0.15) is 13.8 Å². The van der Waals surface area contributed by atoms with Crippen LogP contribution in [0.2, 0.25) is 0 Å². The first kappa shape index (κ1) is 9.74. The Kier molecular flexibility index (Phi) is 4.02. The second kappa shape index (κ2) is 4.54. The molecule has 5 heteroatoms. The quantitative estimate of drug-likeness (QED) is 0.373. The lowest BCUT2D eigenvalue weighted by molar-refractivity contribution is -0.405. The largest absolute Gasteiger partial charge is 0.472 e. The Bertz CT molecular complexity index is 165. The van der Waals surface area contributed by atoms with Gasteiger partial charge in [0.15, 0.2) is 0 Å². The third-order valence-electron chi connectivity index (χ3n) is 0.832. The molecule has 0 aromatic carbocycles. The van der Waals surface area contributed by atoms with Crippen molar-refractivity contribution in [3.8, 4) is 0 Å². The van der Waals surface area contributed by atoms with Crippen LogP contribution in [0.4, 0.5) is 0 Å². The Morgan fingerprint density at radius 2 is 2.27 bits per heavy atom. The Labute approximate surface area is 65.2 Å². The second-order valence-corrected chi connectivity index (χ2v) is 2.20. The average Bonchev–Trinajstić information content (AvgIpc) is 1.84. The maximum absolute atomic E-state index is 9.96. The lowest BCUT2D eigenvalue weighted by Crippen LogP contribution is -2.15. The fraction of sp³-hybridized carbons (Fsp3) is 0.667. The van der Waals surface area contributed by atoms with Gasteiger partial charge in [-0.15, -0.1) is 0 Å². The minimum atomic E-state index is -0.561. The number of rotatable bonds is 4. The molecule has 0 heterocycles. The van der Waals surface area contributed by atoms with Gasteiger partial charge in [0, 0.05) is 7.05 Å². The van der Waals surface area contributed by atoms with Gasteiger partial charge in [-0.1, -0.05) is 0 Å². The van der Waals surface area contributed by atoms with E-state index in [0.29, 0.717) is 0 Å². The molecule has 1 N–H and O–H groups in total. The maximum atomic E-state index is 9.96. The summed E-state index contributed by atoms with van der Waals surface area (Å²) in [5, 5.41) is 12.5. The van der Waals surface area contributed by atoms with E-state index in [1.165, 1.54) is 0 Å². The summed E-state index contributed by atoms with van der Waals surface area (Å²) < 4.78 is 5.02. The van der Waals surface area contributed by atoms with Gasteiger partial charge in [0.1, 0.15) is 0 Å². The Morgan fingerprint density at radius 1 is 1.73 bits per heavy atom. The molecule has 0 saturated carbocycles. The normalized spacial score (nSPS) is 11.5. The molecule has 0 unspecified atom stereocenters. The van der Waals surface area contributed by atoms with Crippen LogP contribution in [0.15, 0.2) is 12.1 Å². The highest BCUT2D eigenvalue weighted by molar-refractivity contribution is 4.82. The van der Waals surface area contributed by atoms with Gasteiger partial charge in [0.2, 0.25) is 0 Å². The highest BCUT2D eigenvalue weighted by atomic mass is 16.6. The number of hydrogen-bond acceptors (Lipinski definition) is 4. The van der Waals surface area contributed by atoms with Gasteiger partial charge in [0.25, 0.3) is 12.1 Å². The molecule has 0 aromatic heterocycles. The predicted molar refractivity (Wildman–Crippen MR) is 40.4 cm³/mol. The highest BCUT2D eigenvalue weighted by Crippen LogP contribution is 1.97. The van der Waals surface area contributed by atoms with Crippen molar-refractivity contribution in [3.05, 3.63) is 22.2 Å². The van der Waals surface area contributed by atoms with E-state index in [9.17, 15) is 10.1 Å². The van der Waals surface area contributed by atoms with Crippen molar-refractivity contribution < 1.29 is 9.66 Å². The van der Waals surface area contributed by atoms with Crippen LogP contribution in [0.5, 0.6) is 0 Å². The summed E-state index contributed by atoms with van der Waals surface area (Å²) in [7, 11) is 1.57. The molecule has 0 saturated heterocycles. The number of nitro groups is 1. The summed E-state index contributed by atoms with van der Waals surface area (Å²) in [4.78, 5) is 9.40. The molecule has 11 heavy (non-hydrogen) atoms. The molecule has 0 bridgehead atoms. The van der Waals surface area contributed by atoms with E-state index >= 15 is 0 Å². The zero-order valence-electron chi connectivity index (χ0n) is 6.83. The fourth-order valence-electron chi connectivity index (χ4n) is 0.504. The molecule has 0 rings (SSSR count). The van der Waals surface area contributed by atoms with Crippen molar-refractivity contribution in [2.24, 2.45) is 0 Å². The molecule has 0 spiro atoms. The third-order valence-corrected chi connectivity index (χ3v) is 0.832. The van der Waals surface area contributed by atoms with Gasteiger partial charge < -0.3 is 10.1 Å². The molecule has 64 valence electrons. The third kappa shape index (κ3) is 5.20.